The molecule has 162 valence electrons. The first-order chi connectivity index (χ1) is 14.4. The van der Waals surface area contributed by atoms with Gasteiger partial charge in [-0.3, -0.25) is 9.59 Å². The number of ether oxygens (including phenoxy) is 2. The van der Waals surface area contributed by atoms with Crippen molar-refractivity contribution in [3.05, 3.63) is 59.0 Å². The highest BCUT2D eigenvalue weighted by molar-refractivity contribution is 5.93. The Morgan fingerprint density at radius 2 is 1.90 bits per heavy atom. The lowest BCUT2D eigenvalue weighted by Gasteiger charge is -2.42. The van der Waals surface area contributed by atoms with Gasteiger partial charge in [0.25, 0.3) is 5.91 Å². The number of carbonyl (C=O) groups is 2. The molecule has 2 amide bonds. The second-order valence-electron chi connectivity index (χ2n) is 7.95. The van der Waals surface area contributed by atoms with Crippen molar-refractivity contribution in [1.82, 2.24) is 10.6 Å². The molecule has 0 radical (unpaired) electrons. The number of methoxy groups -OCH3 is 1. The molecule has 3 rings (SSSR count). The summed E-state index contributed by atoms with van der Waals surface area (Å²) in [5.74, 6) is -0.227. The van der Waals surface area contributed by atoms with E-state index in [1.807, 2.05) is 31.2 Å². The fourth-order valence-electron chi connectivity index (χ4n) is 3.43. The van der Waals surface area contributed by atoms with Crippen LogP contribution in [-0.4, -0.2) is 37.1 Å². The van der Waals surface area contributed by atoms with Gasteiger partial charge >= 0.3 is 0 Å². The number of rotatable bonds is 10. The van der Waals surface area contributed by atoms with Crippen molar-refractivity contribution >= 4 is 11.8 Å². The summed E-state index contributed by atoms with van der Waals surface area (Å²) in [6.07, 6.45) is 3.50. The molecule has 0 bridgehead atoms. The largest absolute Gasteiger partial charge is 0.459 e. The molecular formula is C23H30N2O5. The normalized spacial score (nSPS) is 15.8. The average Bonchev–Trinajstić information content (AvgIpc) is 3.17. The number of hydrogen-bond acceptors (Lipinski definition) is 5. The topological polar surface area (TPSA) is 89.8 Å². The molecule has 0 aliphatic heterocycles. The van der Waals surface area contributed by atoms with Gasteiger partial charge in [-0.1, -0.05) is 29.8 Å². The zero-order valence-electron chi connectivity index (χ0n) is 17.8. The van der Waals surface area contributed by atoms with Gasteiger partial charge in [0.1, 0.15) is 6.10 Å². The van der Waals surface area contributed by atoms with Crippen LogP contribution in [0.25, 0.3) is 0 Å². The monoisotopic (exact) mass is 414 g/mol. The first-order valence-corrected chi connectivity index (χ1v) is 10.3. The molecular weight excluding hydrogens is 384 g/mol. The molecule has 0 spiro atoms. The molecule has 1 unspecified atom stereocenters. The Bertz CT molecular complexity index is 855. The molecule has 1 fully saturated rings. The number of hydrogen-bond donors (Lipinski definition) is 2. The fraction of sp³-hybridized carbons (Fsp3) is 0.478. The first-order valence-electron chi connectivity index (χ1n) is 10.3. The molecule has 2 aromatic rings. The smallest absolute Gasteiger partial charge is 0.287 e. The van der Waals surface area contributed by atoms with Crippen molar-refractivity contribution in [3.8, 4) is 0 Å². The minimum absolute atomic E-state index is 0.194. The van der Waals surface area contributed by atoms with Crippen molar-refractivity contribution in [3.63, 3.8) is 0 Å². The zero-order valence-corrected chi connectivity index (χ0v) is 17.8. The van der Waals surface area contributed by atoms with Crippen LogP contribution in [0.2, 0.25) is 0 Å². The maximum atomic E-state index is 12.7. The highest BCUT2D eigenvalue weighted by Crippen LogP contribution is 2.32. The van der Waals surface area contributed by atoms with E-state index in [4.69, 9.17) is 13.9 Å². The molecule has 7 heteroatoms. The summed E-state index contributed by atoms with van der Waals surface area (Å²) in [7, 11) is 1.57. The van der Waals surface area contributed by atoms with Gasteiger partial charge in [0.2, 0.25) is 5.91 Å². The summed E-state index contributed by atoms with van der Waals surface area (Å²) in [5, 5.41) is 5.97. The van der Waals surface area contributed by atoms with Crippen molar-refractivity contribution in [2.24, 2.45) is 0 Å². The molecule has 0 saturated heterocycles. The van der Waals surface area contributed by atoms with E-state index in [-0.39, 0.29) is 17.6 Å². The van der Waals surface area contributed by atoms with Crippen LogP contribution in [0.3, 0.4) is 0 Å². The molecule has 1 aliphatic rings. The Hall–Kier alpha value is -2.64. The molecule has 1 aromatic heterocycles. The maximum Gasteiger partial charge on any atom is 0.287 e. The lowest BCUT2D eigenvalue weighted by atomic mass is 9.76. The Kier molecular flexibility index (Phi) is 7.29. The summed E-state index contributed by atoms with van der Waals surface area (Å²) in [6.45, 7) is 4.79. The molecule has 1 heterocycles. The van der Waals surface area contributed by atoms with E-state index >= 15 is 0 Å². The van der Waals surface area contributed by atoms with Gasteiger partial charge in [-0.2, -0.15) is 0 Å². The van der Waals surface area contributed by atoms with Gasteiger partial charge in [-0.05, 0) is 44.7 Å². The SMILES string of the molecule is COCc1ccoc1C(=O)NC1(CNC(=O)C(C)OCc2ccc(C)cc2)CCC1. The summed E-state index contributed by atoms with van der Waals surface area (Å²) < 4.78 is 16.1. The number of furan rings is 1. The second-order valence-corrected chi connectivity index (χ2v) is 7.95. The van der Waals surface area contributed by atoms with Crippen LogP contribution in [0, 0.1) is 6.92 Å². The van der Waals surface area contributed by atoms with Gasteiger partial charge in [0.05, 0.1) is 25.0 Å². The van der Waals surface area contributed by atoms with Crippen LogP contribution in [-0.2, 0) is 27.5 Å². The van der Waals surface area contributed by atoms with Crippen LogP contribution < -0.4 is 10.6 Å². The standard InChI is InChI=1S/C23H30N2O5/c1-16-5-7-18(8-6-16)13-30-17(2)21(26)24-15-23(10-4-11-23)25-22(27)20-19(14-28-3)9-12-29-20/h5-9,12,17H,4,10-11,13-15H2,1-3H3,(H,24,26)(H,25,27). The molecule has 2 N–H and O–H groups in total. The highest BCUT2D eigenvalue weighted by atomic mass is 16.5. The van der Waals surface area contributed by atoms with Gasteiger partial charge in [0, 0.05) is 19.2 Å². The van der Waals surface area contributed by atoms with Gasteiger partial charge in [-0.25, -0.2) is 0 Å². The zero-order chi connectivity index (χ0) is 21.6. The summed E-state index contributed by atoms with van der Waals surface area (Å²) in [5.41, 5.74) is 2.45. The Morgan fingerprint density at radius 3 is 2.53 bits per heavy atom. The van der Waals surface area contributed by atoms with E-state index in [9.17, 15) is 9.59 Å². The summed E-state index contributed by atoms with van der Waals surface area (Å²) in [4.78, 5) is 25.1. The van der Waals surface area contributed by atoms with Crippen molar-refractivity contribution in [2.75, 3.05) is 13.7 Å². The molecule has 7 nitrogen and oxygen atoms in total. The molecule has 1 atom stereocenters. The first kappa shape index (κ1) is 22.1. The fourth-order valence-corrected chi connectivity index (χ4v) is 3.43. The average molecular weight is 415 g/mol. The van der Waals surface area contributed by atoms with E-state index in [2.05, 4.69) is 10.6 Å². The summed E-state index contributed by atoms with van der Waals surface area (Å²) in [6, 6.07) is 9.74. The van der Waals surface area contributed by atoms with E-state index < -0.39 is 11.6 Å². The van der Waals surface area contributed by atoms with E-state index in [0.29, 0.717) is 25.3 Å². The lowest BCUT2D eigenvalue weighted by molar-refractivity contribution is -0.133. The van der Waals surface area contributed by atoms with E-state index in [0.717, 1.165) is 24.8 Å². The molecule has 1 aliphatic carbocycles. The van der Waals surface area contributed by atoms with Crippen LogP contribution >= 0.6 is 0 Å². The van der Waals surface area contributed by atoms with Crippen LogP contribution in [0.5, 0.6) is 0 Å². The number of carbonyl (C=O) groups excluding carboxylic acids is 2. The minimum atomic E-state index is -0.586. The van der Waals surface area contributed by atoms with Crippen molar-refractivity contribution < 1.29 is 23.5 Å². The van der Waals surface area contributed by atoms with Gasteiger partial charge < -0.3 is 24.5 Å². The van der Waals surface area contributed by atoms with E-state index in [1.54, 1.807) is 20.1 Å². The Morgan fingerprint density at radius 1 is 1.17 bits per heavy atom. The highest BCUT2D eigenvalue weighted by Gasteiger charge is 2.40. The molecule has 30 heavy (non-hydrogen) atoms. The summed E-state index contributed by atoms with van der Waals surface area (Å²) >= 11 is 0. The predicted molar refractivity (Wildman–Crippen MR) is 112 cm³/mol. The van der Waals surface area contributed by atoms with Crippen molar-refractivity contribution in [1.29, 1.82) is 0 Å². The predicted octanol–water partition coefficient (Wildman–Crippen LogP) is 3.11. The second kappa shape index (κ2) is 9.91. The number of benzene rings is 1. The van der Waals surface area contributed by atoms with Crippen LogP contribution in [0.15, 0.2) is 41.0 Å². The van der Waals surface area contributed by atoms with E-state index in [1.165, 1.54) is 11.8 Å². The minimum Gasteiger partial charge on any atom is -0.459 e. The number of nitrogens with one attached hydrogen (secondary N) is 2. The van der Waals surface area contributed by atoms with Crippen molar-refractivity contribution in [2.45, 2.75) is 58.0 Å². The molecule has 1 saturated carbocycles. The van der Waals surface area contributed by atoms with Gasteiger partial charge in [0.15, 0.2) is 5.76 Å². The Balaban J connectivity index is 1.49. The third-order valence-electron chi connectivity index (χ3n) is 5.53. The van der Waals surface area contributed by atoms with Crippen LogP contribution in [0.1, 0.15) is 53.4 Å². The Labute approximate surface area is 177 Å². The lowest BCUT2D eigenvalue weighted by Crippen LogP contribution is -2.60. The molecule has 1 aromatic carbocycles. The van der Waals surface area contributed by atoms with Gasteiger partial charge in [-0.15, -0.1) is 0 Å². The quantitative estimate of drug-likeness (QED) is 0.624. The maximum absolute atomic E-state index is 12.7. The third-order valence-corrected chi connectivity index (χ3v) is 5.53. The number of amides is 2. The number of aryl methyl sites for hydroxylation is 1. The third kappa shape index (κ3) is 5.49. The van der Waals surface area contributed by atoms with Crippen LogP contribution in [0.4, 0.5) is 0 Å².